The molecule has 1 atom stereocenters. The number of aromatic carboxylic acids is 1. The monoisotopic (exact) mass is 398 g/mol. The van der Waals surface area contributed by atoms with Gasteiger partial charge in [-0.25, -0.2) is 9.18 Å². The Morgan fingerprint density at radius 2 is 2.00 bits per heavy atom. The Bertz CT molecular complexity index is 1020. The summed E-state index contributed by atoms with van der Waals surface area (Å²) >= 11 is 0. The lowest BCUT2D eigenvalue weighted by molar-refractivity contribution is 0.0697. The van der Waals surface area contributed by atoms with Crippen molar-refractivity contribution in [3.05, 3.63) is 59.9 Å². The average Bonchev–Trinajstić information content (AvgIpc) is 3.11. The molecule has 1 aromatic heterocycles. The largest absolute Gasteiger partial charge is 0.493 e. The van der Waals surface area contributed by atoms with Gasteiger partial charge in [0, 0.05) is 11.1 Å². The Labute approximate surface area is 168 Å². The van der Waals surface area contributed by atoms with Crippen molar-refractivity contribution >= 4 is 5.97 Å². The Morgan fingerprint density at radius 1 is 1.21 bits per heavy atom. The fourth-order valence-electron chi connectivity index (χ4n) is 3.04. The van der Waals surface area contributed by atoms with Crippen LogP contribution in [0.1, 0.15) is 30.6 Å². The van der Waals surface area contributed by atoms with Gasteiger partial charge in [0.1, 0.15) is 11.6 Å². The Kier molecular flexibility index (Phi) is 6.29. The number of ether oxygens (including phenoxy) is 1. The Hall–Kier alpha value is -3.19. The number of carboxylic acid groups (broad SMARTS) is 1. The van der Waals surface area contributed by atoms with Crippen LogP contribution < -0.4 is 4.74 Å². The van der Waals surface area contributed by atoms with Crippen LogP contribution in [0.5, 0.6) is 5.75 Å². The van der Waals surface area contributed by atoms with Crippen molar-refractivity contribution in [2.75, 3.05) is 6.61 Å². The van der Waals surface area contributed by atoms with Crippen LogP contribution in [0.3, 0.4) is 0 Å². The van der Waals surface area contributed by atoms with Gasteiger partial charge >= 0.3 is 5.97 Å². The maximum Gasteiger partial charge on any atom is 0.335 e. The lowest BCUT2D eigenvalue weighted by Crippen LogP contribution is -2.16. The maximum atomic E-state index is 13.8. The fraction of sp³-hybridized carbons (Fsp3) is 0.273. The van der Waals surface area contributed by atoms with E-state index in [2.05, 4.69) is 5.10 Å². The highest BCUT2D eigenvalue weighted by atomic mass is 19.1. The second-order valence-electron chi connectivity index (χ2n) is 6.62. The molecule has 2 N–H and O–H groups in total. The number of rotatable bonds is 8. The minimum atomic E-state index is -1.06. The number of carbonyl (C=O) groups is 1. The lowest BCUT2D eigenvalue weighted by atomic mass is 10.1. The molecule has 0 amide bonds. The summed E-state index contributed by atoms with van der Waals surface area (Å²) in [5, 5.41) is 24.1. The van der Waals surface area contributed by atoms with E-state index >= 15 is 0 Å². The zero-order valence-corrected chi connectivity index (χ0v) is 16.3. The first-order chi connectivity index (χ1) is 13.9. The molecule has 7 heteroatoms. The molecule has 3 rings (SSSR count). The lowest BCUT2D eigenvalue weighted by Gasteiger charge is -2.12. The van der Waals surface area contributed by atoms with Crippen molar-refractivity contribution in [2.24, 2.45) is 0 Å². The molecule has 0 unspecified atom stereocenters. The third-order valence-electron chi connectivity index (χ3n) is 4.56. The number of benzene rings is 2. The summed E-state index contributed by atoms with van der Waals surface area (Å²) < 4.78 is 21.0. The van der Waals surface area contributed by atoms with E-state index in [4.69, 9.17) is 4.74 Å². The van der Waals surface area contributed by atoms with Gasteiger partial charge in [0.15, 0.2) is 0 Å². The predicted molar refractivity (Wildman–Crippen MR) is 107 cm³/mol. The number of hydrogen-bond acceptors (Lipinski definition) is 4. The Balaban J connectivity index is 2.16. The van der Waals surface area contributed by atoms with Crippen molar-refractivity contribution in [3.63, 3.8) is 0 Å². The second kappa shape index (κ2) is 8.87. The minimum Gasteiger partial charge on any atom is -0.493 e. The highest BCUT2D eigenvalue weighted by Gasteiger charge is 2.18. The van der Waals surface area contributed by atoms with Crippen molar-refractivity contribution in [2.45, 2.75) is 32.9 Å². The zero-order chi connectivity index (χ0) is 21.0. The van der Waals surface area contributed by atoms with Crippen LogP contribution in [-0.2, 0) is 6.54 Å². The third-order valence-corrected chi connectivity index (χ3v) is 4.56. The highest BCUT2D eigenvalue weighted by Crippen LogP contribution is 2.33. The van der Waals surface area contributed by atoms with Crippen LogP contribution >= 0.6 is 0 Å². The smallest absolute Gasteiger partial charge is 0.335 e. The number of aliphatic hydroxyl groups excluding tert-OH is 1. The average molecular weight is 398 g/mol. The van der Waals surface area contributed by atoms with Gasteiger partial charge in [-0.15, -0.1) is 0 Å². The number of nitrogens with zero attached hydrogens (tertiary/aromatic N) is 2. The minimum absolute atomic E-state index is 0.110. The molecule has 152 valence electrons. The first kappa shape index (κ1) is 20.5. The number of aliphatic hydroxyl groups is 1. The van der Waals surface area contributed by atoms with E-state index in [1.165, 1.54) is 24.3 Å². The summed E-state index contributed by atoms with van der Waals surface area (Å²) in [6, 6.07) is 12.4. The van der Waals surface area contributed by atoms with Crippen LogP contribution in [0.2, 0.25) is 0 Å². The molecule has 29 heavy (non-hydrogen) atoms. The molecule has 6 nitrogen and oxygen atoms in total. The van der Waals surface area contributed by atoms with E-state index in [9.17, 15) is 19.4 Å². The summed E-state index contributed by atoms with van der Waals surface area (Å²) in [7, 11) is 0. The number of hydrogen-bond donors (Lipinski definition) is 2. The standard InChI is InChI=1S/C22H23FN2O4/c1-3-17(26)13-25-20(14-6-5-7-16(23)10-14)12-19(24-25)18-11-15(22(27)28)8-9-21(18)29-4-2/h5-12,17,26H,3-4,13H2,1-2H3,(H,27,28)/t17-/m1/s1. The predicted octanol–water partition coefficient (Wildman–Crippen LogP) is 4.22. The summed E-state index contributed by atoms with van der Waals surface area (Å²) in [6.45, 7) is 4.33. The van der Waals surface area contributed by atoms with Crippen molar-refractivity contribution in [1.29, 1.82) is 0 Å². The van der Waals surface area contributed by atoms with E-state index < -0.39 is 12.1 Å². The number of halogens is 1. The van der Waals surface area contributed by atoms with E-state index in [1.807, 2.05) is 13.8 Å². The van der Waals surface area contributed by atoms with Gasteiger partial charge < -0.3 is 14.9 Å². The zero-order valence-electron chi connectivity index (χ0n) is 16.3. The second-order valence-corrected chi connectivity index (χ2v) is 6.62. The highest BCUT2D eigenvalue weighted by molar-refractivity contribution is 5.90. The quantitative estimate of drug-likeness (QED) is 0.593. The first-order valence-corrected chi connectivity index (χ1v) is 9.45. The van der Waals surface area contributed by atoms with Gasteiger partial charge in [0.25, 0.3) is 0 Å². The molecule has 0 radical (unpaired) electrons. The van der Waals surface area contributed by atoms with E-state index in [-0.39, 0.29) is 17.9 Å². The van der Waals surface area contributed by atoms with Crippen LogP contribution in [0.15, 0.2) is 48.5 Å². The van der Waals surface area contributed by atoms with Gasteiger partial charge in [-0.3, -0.25) is 4.68 Å². The summed E-state index contributed by atoms with van der Waals surface area (Å²) in [4.78, 5) is 11.4. The number of carboxylic acids is 1. The fourth-order valence-corrected chi connectivity index (χ4v) is 3.04. The summed E-state index contributed by atoms with van der Waals surface area (Å²) in [5.41, 5.74) is 2.35. The molecular formula is C22H23FN2O4. The normalized spacial score (nSPS) is 12.0. The molecule has 0 saturated heterocycles. The van der Waals surface area contributed by atoms with Crippen molar-refractivity contribution < 1.29 is 24.1 Å². The van der Waals surface area contributed by atoms with E-state index in [0.717, 1.165) is 0 Å². The molecule has 0 aliphatic rings. The third kappa shape index (κ3) is 4.63. The topological polar surface area (TPSA) is 84.6 Å². The van der Waals surface area contributed by atoms with E-state index in [1.54, 1.807) is 28.9 Å². The van der Waals surface area contributed by atoms with Crippen LogP contribution in [0, 0.1) is 5.82 Å². The molecule has 2 aromatic carbocycles. The molecule has 0 saturated carbocycles. The summed E-state index contributed by atoms with van der Waals surface area (Å²) in [5.74, 6) is -0.930. The van der Waals surface area contributed by atoms with Gasteiger partial charge in [-0.05, 0) is 49.7 Å². The molecule has 3 aromatic rings. The summed E-state index contributed by atoms with van der Waals surface area (Å²) in [6.07, 6.45) is -0.0806. The van der Waals surface area contributed by atoms with Crippen LogP contribution in [-0.4, -0.2) is 38.7 Å². The molecule has 0 bridgehead atoms. The molecule has 0 fully saturated rings. The maximum absolute atomic E-state index is 13.8. The van der Waals surface area contributed by atoms with Crippen molar-refractivity contribution in [3.8, 4) is 28.3 Å². The van der Waals surface area contributed by atoms with Crippen LogP contribution in [0.25, 0.3) is 22.5 Å². The number of aromatic nitrogens is 2. The molecule has 0 aliphatic carbocycles. The van der Waals surface area contributed by atoms with Gasteiger partial charge in [0.05, 0.1) is 36.2 Å². The molecule has 0 spiro atoms. The van der Waals surface area contributed by atoms with Gasteiger partial charge in [0.2, 0.25) is 0 Å². The Morgan fingerprint density at radius 3 is 2.66 bits per heavy atom. The van der Waals surface area contributed by atoms with Gasteiger partial charge in [-0.2, -0.15) is 5.10 Å². The first-order valence-electron chi connectivity index (χ1n) is 9.45. The molecule has 1 heterocycles. The molecule has 0 aliphatic heterocycles. The van der Waals surface area contributed by atoms with Crippen LogP contribution in [0.4, 0.5) is 4.39 Å². The van der Waals surface area contributed by atoms with Crippen molar-refractivity contribution in [1.82, 2.24) is 9.78 Å². The SMILES string of the molecule is CCOc1ccc(C(=O)O)cc1-c1cc(-c2cccc(F)c2)n(C[C@H](O)CC)n1. The van der Waals surface area contributed by atoms with Gasteiger partial charge in [-0.1, -0.05) is 19.1 Å². The van der Waals surface area contributed by atoms with E-state index in [0.29, 0.717) is 41.3 Å². The molecular weight excluding hydrogens is 375 g/mol.